The standard InChI is InChI=1S/C16H19BrN2S/c1-10(18)13-4-3-12(9-15(13)17)19-7-5-16-14(11(19)2)6-8-20-16/h3-4,6,8-11H,5,7,18H2,1-2H3/t10-,11?/m1/s1. The molecule has 106 valence electrons. The molecule has 0 bridgehead atoms. The molecule has 2 N–H and O–H groups in total. The Morgan fingerprint density at radius 3 is 2.90 bits per heavy atom. The molecule has 3 rings (SSSR count). The van der Waals surface area contributed by atoms with E-state index in [2.05, 4.69) is 57.4 Å². The SMILES string of the molecule is CC1c2ccsc2CCN1c1ccc([C@@H](C)N)c(Br)c1. The molecule has 20 heavy (non-hydrogen) atoms. The zero-order valence-electron chi connectivity index (χ0n) is 11.8. The second-order valence-electron chi connectivity index (χ2n) is 5.41. The Labute approximate surface area is 132 Å². The highest BCUT2D eigenvalue weighted by Gasteiger charge is 2.25. The number of halogens is 1. The Hall–Kier alpha value is -0.840. The van der Waals surface area contributed by atoms with Gasteiger partial charge in [0.15, 0.2) is 0 Å². The molecule has 0 amide bonds. The molecule has 1 aliphatic heterocycles. The minimum Gasteiger partial charge on any atom is -0.364 e. The van der Waals surface area contributed by atoms with E-state index in [1.54, 1.807) is 4.88 Å². The van der Waals surface area contributed by atoms with Crippen LogP contribution < -0.4 is 10.6 Å². The molecule has 0 spiro atoms. The van der Waals surface area contributed by atoms with E-state index in [1.165, 1.54) is 11.3 Å². The van der Waals surface area contributed by atoms with Crippen molar-refractivity contribution in [2.75, 3.05) is 11.4 Å². The minimum absolute atomic E-state index is 0.0562. The van der Waals surface area contributed by atoms with Crippen LogP contribution in [-0.4, -0.2) is 6.54 Å². The van der Waals surface area contributed by atoms with Gasteiger partial charge in [-0.15, -0.1) is 11.3 Å². The van der Waals surface area contributed by atoms with Gasteiger partial charge in [-0.2, -0.15) is 0 Å². The molecule has 2 heterocycles. The van der Waals surface area contributed by atoms with Gasteiger partial charge in [-0.1, -0.05) is 22.0 Å². The lowest BCUT2D eigenvalue weighted by molar-refractivity contribution is 0.632. The zero-order valence-corrected chi connectivity index (χ0v) is 14.2. The average molecular weight is 351 g/mol. The van der Waals surface area contributed by atoms with E-state index in [4.69, 9.17) is 5.73 Å². The van der Waals surface area contributed by atoms with Crippen LogP contribution in [0, 0.1) is 0 Å². The molecule has 0 fully saturated rings. The Kier molecular flexibility index (Phi) is 3.89. The molecule has 0 saturated carbocycles. The van der Waals surface area contributed by atoms with Gasteiger partial charge in [0.25, 0.3) is 0 Å². The molecule has 1 aromatic carbocycles. The van der Waals surface area contributed by atoms with E-state index < -0.39 is 0 Å². The maximum Gasteiger partial charge on any atom is 0.0525 e. The zero-order chi connectivity index (χ0) is 14.3. The van der Waals surface area contributed by atoms with Crippen LogP contribution in [-0.2, 0) is 6.42 Å². The first-order valence-corrected chi connectivity index (χ1v) is 8.63. The summed E-state index contributed by atoms with van der Waals surface area (Å²) in [4.78, 5) is 4.02. The number of rotatable bonds is 2. The number of anilines is 1. The van der Waals surface area contributed by atoms with E-state index in [1.807, 2.05) is 18.3 Å². The summed E-state index contributed by atoms with van der Waals surface area (Å²) in [7, 11) is 0. The summed E-state index contributed by atoms with van der Waals surface area (Å²) in [5.41, 5.74) is 9.89. The maximum atomic E-state index is 5.98. The molecule has 2 aromatic rings. The van der Waals surface area contributed by atoms with Gasteiger partial charge in [0.2, 0.25) is 0 Å². The number of benzene rings is 1. The van der Waals surface area contributed by atoms with Crippen LogP contribution in [0.15, 0.2) is 34.1 Å². The van der Waals surface area contributed by atoms with Gasteiger partial charge >= 0.3 is 0 Å². The van der Waals surface area contributed by atoms with Crippen molar-refractivity contribution in [2.45, 2.75) is 32.4 Å². The quantitative estimate of drug-likeness (QED) is 0.853. The molecule has 1 aromatic heterocycles. The summed E-state index contributed by atoms with van der Waals surface area (Å²) in [5, 5.41) is 2.21. The van der Waals surface area contributed by atoms with Crippen molar-refractivity contribution >= 4 is 33.0 Å². The second kappa shape index (κ2) is 5.51. The number of nitrogens with zero attached hydrogens (tertiary/aromatic N) is 1. The summed E-state index contributed by atoms with van der Waals surface area (Å²) in [6, 6.07) is 9.30. The summed E-state index contributed by atoms with van der Waals surface area (Å²) < 4.78 is 1.10. The molecule has 0 saturated heterocycles. The van der Waals surface area contributed by atoms with Crippen LogP contribution in [0.2, 0.25) is 0 Å². The Balaban J connectivity index is 1.93. The minimum atomic E-state index is 0.0562. The summed E-state index contributed by atoms with van der Waals surface area (Å²) >= 11 is 5.54. The van der Waals surface area contributed by atoms with Crippen LogP contribution in [0.3, 0.4) is 0 Å². The molecule has 0 radical (unpaired) electrons. The number of nitrogens with two attached hydrogens (primary N) is 1. The lowest BCUT2D eigenvalue weighted by Crippen LogP contribution is -2.33. The first-order chi connectivity index (χ1) is 9.58. The smallest absolute Gasteiger partial charge is 0.0525 e. The average Bonchev–Trinajstić information content (AvgIpc) is 2.87. The Bertz CT molecular complexity index is 621. The first kappa shape index (κ1) is 14.1. The van der Waals surface area contributed by atoms with Gasteiger partial charge in [0.1, 0.15) is 0 Å². The predicted molar refractivity (Wildman–Crippen MR) is 90.5 cm³/mol. The second-order valence-corrected chi connectivity index (χ2v) is 7.27. The fraction of sp³-hybridized carbons (Fsp3) is 0.375. The van der Waals surface area contributed by atoms with E-state index in [0.717, 1.165) is 23.0 Å². The third-order valence-corrected chi connectivity index (χ3v) is 5.77. The van der Waals surface area contributed by atoms with E-state index in [0.29, 0.717) is 6.04 Å². The number of fused-ring (bicyclic) bond motifs is 1. The highest BCUT2D eigenvalue weighted by Crippen LogP contribution is 2.37. The molecular weight excluding hydrogens is 332 g/mol. The van der Waals surface area contributed by atoms with Gasteiger partial charge in [-0.05, 0) is 55.0 Å². The monoisotopic (exact) mass is 350 g/mol. The Morgan fingerprint density at radius 1 is 1.40 bits per heavy atom. The van der Waals surface area contributed by atoms with Gasteiger partial charge < -0.3 is 10.6 Å². The van der Waals surface area contributed by atoms with Crippen molar-refractivity contribution in [1.82, 2.24) is 0 Å². The number of hydrogen-bond donors (Lipinski definition) is 1. The van der Waals surface area contributed by atoms with Crippen LogP contribution >= 0.6 is 27.3 Å². The molecular formula is C16H19BrN2S. The molecule has 1 aliphatic rings. The summed E-state index contributed by atoms with van der Waals surface area (Å²) in [6.45, 7) is 5.39. The molecule has 1 unspecified atom stereocenters. The maximum absolute atomic E-state index is 5.98. The largest absolute Gasteiger partial charge is 0.364 e. The normalized spacial score (nSPS) is 19.8. The van der Waals surface area contributed by atoms with Gasteiger partial charge in [-0.3, -0.25) is 0 Å². The third kappa shape index (κ3) is 2.41. The summed E-state index contributed by atoms with van der Waals surface area (Å²) in [6.07, 6.45) is 1.14. The van der Waals surface area contributed by atoms with Crippen molar-refractivity contribution in [1.29, 1.82) is 0 Å². The fourth-order valence-corrected chi connectivity index (χ4v) is 4.62. The Morgan fingerprint density at radius 2 is 2.20 bits per heavy atom. The topological polar surface area (TPSA) is 29.3 Å². The van der Waals surface area contributed by atoms with E-state index in [-0.39, 0.29) is 6.04 Å². The van der Waals surface area contributed by atoms with Crippen molar-refractivity contribution in [3.8, 4) is 0 Å². The number of hydrogen-bond acceptors (Lipinski definition) is 3. The third-order valence-electron chi connectivity index (χ3n) is 4.08. The van der Waals surface area contributed by atoms with Gasteiger partial charge in [0.05, 0.1) is 6.04 Å². The lowest BCUT2D eigenvalue weighted by atomic mass is 10.00. The van der Waals surface area contributed by atoms with Crippen molar-refractivity contribution in [2.24, 2.45) is 5.73 Å². The fourth-order valence-electron chi connectivity index (χ4n) is 2.93. The van der Waals surface area contributed by atoms with Crippen LogP contribution in [0.25, 0.3) is 0 Å². The molecule has 2 nitrogen and oxygen atoms in total. The first-order valence-electron chi connectivity index (χ1n) is 6.96. The van der Waals surface area contributed by atoms with Crippen molar-refractivity contribution < 1.29 is 0 Å². The van der Waals surface area contributed by atoms with Crippen molar-refractivity contribution in [3.05, 3.63) is 50.1 Å². The summed E-state index contributed by atoms with van der Waals surface area (Å²) in [5.74, 6) is 0. The molecule has 4 heteroatoms. The van der Waals surface area contributed by atoms with Crippen LogP contribution in [0.5, 0.6) is 0 Å². The number of thiophene rings is 1. The van der Waals surface area contributed by atoms with Crippen LogP contribution in [0.1, 0.15) is 41.9 Å². The highest BCUT2D eigenvalue weighted by molar-refractivity contribution is 9.10. The highest BCUT2D eigenvalue weighted by atomic mass is 79.9. The van der Waals surface area contributed by atoms with E-state index in [9.17, 15) is 0 Å². The van der Waals surface area contributed by atoms with Crippen LogP contribution in [0.4, 0.5) is 5.69 Å². The van der Waals surface area contributed by atoms with Gasteiger partial charge in [0, 0.05) is 27.6 Å². The lowest BCUT2D eigenvalue weighted by Gasteiger charge is -2.36. The van der Waals surface area contributed by atoms with Gasteiger partial charge in [-0.25, -0.2) is 0 Å². The van der Waals surface area contributed by atoms with Crippen molar-refractivity contribution in [3.63, 3.8) is 0 Å². The van der Waals surface area contributed by atoms with E-state index >= 15 is 0 Å². The molecule has 2 atom stereocenters. The molecule has 0 aliphatic carbocycles. The predicted octanol–water partition coefficient (Wildman–Crippen LogP) is 4.65.